The Morgan fingerprint density at radius 2 is 1.51 bits per heavy atom. The van der Waals surface area contributed by atoms with E-state index in [-0.39, 0.29) is 24.4 Å². The normalized spacial score (nSPS) is 37.9. The van der Waals surface area contributed by atoms with Gasteiger partial charge in [-0.2, -0.15) is 0 Å². The van der Waals surface area contributed by atoms with Crippen molar-refractivity contribution in [2.24, 2.45) is 28.6 Å². The van der Waals surface area contributed by atoms with E-state index in [9.17, 15) is 29.4 Å². The SMILES string of the molecule is CC(=O)O[C@@]12C[C@@H](C)[C@]34C=C(C)[C@H](OC(=O)c5ccccc5)[C@@]3(O)[C@H](O)C(C)=C[C@H](C4=O)[C@@H]1[C@]2(C)COC(=O)c1ccccc1. The van der Waals surface area contributed by atoms with Gasteiger partial charge in [-0.3, -0.25) is 9.59 Å². The van der Waals surface area contributed by atoms with Crippen LogP contribution in [0.4, 0.5) is 0 Å². The number of fused-ring (bicyclic) bond motifs is 3. The Labute approximate surface area is 261 Å². The van der Waals surface area contributed by atoms with E-state index in [0.717, 1.165) is 0 Å². The molecule has 0 unspecified atom stereocenters. The Balaban J connectivity index is 1.42. The molecular formula is C36H38O9. The number of aliphatic hydroxyl groups is 2. The second-order valence-electron chi connectivity index (χ2n) is 13.4. The van der Waals surface area contributed by atoms with E-state index in [0.29, 0.717) is 16.7 Å². The van der Waals surface area contributed by atoms with Crippen molar-refractivity contribution in [3.8, 4) is 0 Å². The zero-order chi connectivity index (χ0) is 32.5. The molecule has 9 nitrogen and oxygen atoms in total. The van der Waals surface area contributed by atoms with E-state index in [4.69, 9.17) is 14.2 Å². The minimum Gasteiger partial charge on any atom is -0.461 e. The number of Topliss-reactive ketones (excluding diaryl/α,β-unsaturated/α-hetero) is 1. The molecule has 0 aliphatic heterocycles. The van der Waals surface area contributed by atoms with Crippen LogP contribution < -0.4 is 0 Å². The molecule has 0 amide bonds. The highest BCUT2D eigenvalue weighted by atomic mass is 16.6. The summed E-state index contributed by atoms with van der Waals surface area (Å²) in [7, 11) is 0. The van der Waals surface area contributed by atoms with Gasteiger partial charge in [0.25, 0.3) is 0 Å². The van der Waals surface area contributed by atoms with Gasteiger partial charge in [0, 0.05) is 24.2 Å². The molecule has 0 saturated heterocycles. The molecule has 0 heterocycles. The summed E-state index contributed by atoms with van der Waals surface area (Å²) in [5, 5.41) is 24.5. The second-order valence-corrected chi connectivity index (χ2v) is 13.4. The molecule has 9 heteroatoms. The molecule has 2 aromatic carbocycles. The third-order valence-corrected chi connectivity index (χ3v) is 10.8. The van der Waals surface area contributed by atoms with Gasteiger partial charge in [0.05, 0.1) is 16.5 Å². The number of esters is 3. The van der Waals surface area contributed by atoms with Crippen LogP contribution in [0.15, 0.2) is 84.0 Å². The predicted octanol–water partition coefficient (Wildman–Crippen LogP) is 4.23. The topological polar surface area (TPSA) is 136 Å². The molecule has 45 heavy (non-hydrogen) atoms. The van der Waals surface area contributed by atoms with E-state index in [1.165, 1.54) is 6.92 Å². The first-order valence-corrected chi connectivity index (χ1v) is 15.2. The maximum atomic E-state index is 15.0. The lowest BCUT2D eigenvalue weighted by molar-refractivity contribution is -0.191. The molecule has 2 bridgehead atoms. The van der Waals surface area contributed by atoms with Crippen molar-refractivity contribution in [1.29, 1.82) is 0 Å². The standard InChI is InChI=1S/C36H38O9/c1-20-16-26-27-33(5,19-43-31(40)24-12-8-6-9-13-24)35(27,45-23(4)37)18-22(3)34(29(26)39)17-21(2)30(36(34,42)28(20)38)44-32(41)25-14-10-7-11-15-25/h6-17,22,26-28,30,38,42H,18-19H2,1-5H3/t22-,26+,27-,28-,30+,33+,34+,35+,36+/m1/s1. The number of ether oxygens (including phenoxy) is 3. The third kappa shape index (κ3) is 4.20. The van der Waals surface area contributed by atoms with Crippen LogP contribution in [0.3, 0.4) is 0 Å². The Hall–Kier alpha value is -4.08. The van der Waals surface area contributed by atoms with Gasteiger partial charge in [0.2, 0.25) is 0 Å². The lowest BCUT2D eigenvalue weighted by Crippen LogP contribution is -2.65. The number of allylic oxidation sites excluding steroid dienone is 1. The maximum absolute atomic E-state index is 15.0. The smallest absolute Gasteiger partial charge is 0.338 e. The van der Waals surface area contributed by atoms with Gasteiger partial charge in [0.15, 0.2) is 17.5 Å². The molecule has 2 N–H and O–H groups in total. The summed E-state index contributed by atoms with van der Waals surface area (Å²) >= 11 is 0. The van der Waals surface area contributed by atoms with Crippen molar-refractivity contribution in [2.45, 2.75) is 64.4 Å². The third-order valence-electron chi connectivity index (χ3n) is 10.8. The molecule has 6 rings (SSSR count). The summed E-state index contributed by atoms with van der Waals surface area (Å²) in [6.07, 6.45) is 0.522. The van der Waals surface area contributed by atoms with Crippen LogP contribution >= 0.6 is 0 Å². The Morgan fingerprint density at radius 1 is 0.933 bits per heavy atom. The number of hydrogen-bond acceptors (Lipinski definition) is 9. The van der Waals surface area contributed by atoms with Gasteiger partial charge >= 0.3 is 17.9 Å². The Morgan fingerprint density at radius 3 is 2.09 bits per heavy atom. The molecule has 2 fully saturated rings. The molecule has 4 aliphatic rings. The van der Waals surface area contributed by atoms with E-state index < -0.39 is 69.9 Å². The average molecular weight is 615 g/mol. The van der Waals surface area contributed by atoms with E-state index >= 15 is 0 Å². The first kappa shape index (κ1) is 30.9. The van der Waals surface area contributed by atoms with Crippen LogP contribution in [0.5, 0.6) is 0 Å². The van der Waals surface area contributed by atoms with Crippen LogP contribution in [0, 0.1) is 28.6 Å². The summed E-state index contributed by atoms with van der Waals surface area (Å²) in [6.45, 7) is 8.10. The number of rotatable bonds is 6. The lowest BCUT2D eigenvalue weighted by atomic mass is 9.59. The summed E-state index contributed by atoms with van der Waals surface area (Å²) in [6, 6.07) is 16.8. The fourth-order valence-corrected chi connectivity index (χ4v) is 8.77. The first-order chi connectivity index (χ1) is 21.2. The van der Waals surface area contributed by atoms with Crippen molar-refractivity contribution >= 4 is 23.7 Å². The maximum Gasteiger partial charge on any atom is 0.338 e. The summed E-state index contributed by atoms with van der Waals surface area (Å²) in [5.74, 6) is -4.38. The summed E-state index contributed by atoms with van der Waals surface area (Å²) in [4.78, 5) is 53.8. The average Bonchev–Trinajstić information content (AvgIpc) is 3.45. The van der Waals surface area contributed by atoms with Gasteiger partial charge in [-0.1, -0.05) is 62.4 Å². The van der Waals surface area contributed by atoms with Crippen LogP contribution in [0.25, 0.3) is 0 Å². The first-order valence-electron chi connectivity index (χ1n) is 15.2. The molecule has 0 radical (unpaired) electrons. The van der Waals surface area contributed by atoms with Gasteiger partial charge < -0.3 is 24.4 Å². The van der Waals surface area contributed by atoms with Crippen molar-refractivity contribution in [2.75, 3.05) is 6.61 Å². The van der Waals surface area contributed by atoms with Gasteiger partial charge in [-0.15, -0.1) is 0 Å². The van der Waals surface area contributed by atoms with Gasteiger partial charge in [0.1, 0.15) is 18.3 Å². The summed E-state index contributed by atoms with van der Waals surface area (Å²) in [5.41, 5.74) is -4.68. The highest BCUT2D eigenvalue weighted by Gasteiger charge is 2.85. The number of aliphatic hydroxyl groups excluding tert-OH is 1. The van der Waals surface area contributed by atoms with Crippen LogP contribution in [0.2, 0.25) is 0 Å². The van der Waals surface area contributed by atoms with E-state index in [1.807, 2.05) is 6.92 Å². The largest absolute Gasteiger partial charge is 0.461 e. The van der Waals surface area contributed by atoms with Crippen molar-refractivity contribution < 1.29 is 43.6 Å². The minimum atomic E-state index is -2.24. The molecule has 4 aliphatic carbocycles. The zero-order valence-corrected chi connectivity index (χ0v) is 26.0. The number of ketones is 1. The monoisotopic (exact) mass is 614 g/mol. The second kappa shape index (κ2) is 10.5. The number of benzene rings is 2. The Bertz CT molecular complexity index is 1630. The van der Waals surface area contributed by atoms with Crippen molar-refractivity contribution in [1.82, 2.24) is 0 Å². The summed E-state index contributed by atoms with van der Waals surface area (Å²) < 4.78 is 17.8. The highest BCUT2D eigenvalue weighted by Crippen LogP contribution is 2.75. The molecule has 1 spiro atoms. The molecular weight excluding hydrogens is 576 g/mol. The van der Waals surface area contributed by atoms with Gasteiger partial charge in [-0.25, -0.2) is 9.59 Å². The fraction of sp³-hybridized carbons (Fsp3) is 0.444. The predicted molar refractivity (Wildman–Crippen MR) is 162 cm³/mol. The molecule has 2 saturated carbocycles. The number of hydrogen-bond donors (Lipinski definition) is 2. The van der Waals surface area contributed by atoms with Gasteiger partial charge in [-0.05, 0) is 61.6 Å². The zero-order valence-electron chi connectivity index (χ0n) is 26.0. The Kier molecular flexibility index (Phi) is 7.21. The van der Waals surface area contributed by atoms with Crippen LogP contribution in [0.1, 0.15) is 61.8 Å². The van der Waals surface area contributed by atoms with Crippen molar-refractivity contribution in [3.63, 3.8) is 0 Å². The molecule has 9 atom stereocenters. The highest BCUT2D eigenvalue weighted by molar-refractivity contribution is 5.96. The van der Waals surface area contributed by atoms with E-state index in [1.54, 1.807) is 93.6 Å². The van der Waals surface area contributed by atoms with Crippen molar-refractivity contribution in [3.05, 3.63) is 95.1 Å². The number of carbonyl (C=O) groups is 4. The van der Waals surface area contributed by atoms with Crippen LogP contribution in [-0.4, -0.2) is 63.9 Å². The molecule has 2 aromatic rings. The molecule has 0 aromatic heterocycles. The quantitative estimate of drug-likeness (QED) is 0.278. The lowest BCUT2D eigenvalue weighted by Gasteiger charge is -2.49. The number of carbonyl (C=O) groups excluding carboxylic acids is 4. The fourth-order valence-electron chi connectivity index (χ4n) is 8.77. The van der Waals surface area contributed by atoms with Crippen LogP contribution in [-0.2, 0) is 23.8 Å². The molecule has 236 valence electrons. The van der Waals surface area contributed by atoms with E-state index in [2.05, 4.69) is 0 Å². The minimum absolute atomic E-state index is 0.117.